The molecule has 2 atom stereocenters. The van der Waals surface area contributed by atoms with Crippen molar-refractivity contribution in [2.24, 2.45) is 11.3 Å². The minimum atomic E-state index is -0.0873. The van der Waals surface area contributed by atoms with Crippen molar-refractivity contribution >= 4 is 5.97 Å². The second kappa shape index (κ2) is 3.69. The molecule has 2 unspecified atom stereocenters. The average Bonchev–Trinajstić information content (AvgIpc) is 2.21. The van der Waals surface area contributed by atoms with E-state index in [1.54, 1.807) is 6.08 Å². The Bertz CT molecular complexity index is 353. The number of rotatable bonds is 0. The number of hydrogen-bond donors (Lipinski definition) is 0. The molecule has 0 aromatic heterocycles. The average molecular weight is 205 g/mol. The number of ether oxygens (including phenoxy) is 1. The first kappa shape index (κ1) is 10.2. The highest BCUT2D eigenvalue weighted by atomic mass is 16.5. The minimum Gasteiger partial charge on any atom is -0.465 e. The maximum atomic E-state index is 11.2. The van der Waals surface area contributed by atoms with Crippen LogP contribution in [0.5, 0.6) is 0 Å². The number of carbonyl (C=O) groups is 1. The van der Waals surface area contributed by atoms with Crippen molar-refractivity contribution in [3.63, 3.8) is 0 Å². The number of nitriles is 1. The quantitative estimate of drug-likeness (QED) is 0.450. The van der Waals surface area contributed by atoms with Crippen LogP contribution in [0.25, 0.3) is 0 Å². The second-order valence-electron chi connectivity index (χ2n) is 4.85. The summed E-state index contributed by atoms with van der Waals surface area (Å²) in [5.41, 5.74) is 1.33. The summed E-state index contributed by atoms with van der Waals surface area (Å²) in [5.74, 6) is 0.280. The largest absolute Gasteiger partial charge is 0.465 e. The van der Waals surface area contributed by atoms with Crippen LogP contribution >= 0.6 is 0 Å². The van der Waals surface area contributed by atoms with Gasteiger partial charge in [-0.25, -0.2) is 0 Å². The fourth-order valence-corrected chi connectivity index (χ4v) is 2.55. The summed E-state index contributed by atoms with van der Waals surface area (Å²) in [7, 11) is 0. The van der Waals surface area contributed by atoms with Crippen molar-refractivity contribution in [3.8, 4) is 6.07 Å². The molecule has 0 radical (unpaired) electrons. The molecular weight excluding hydrogens is 190 g/mol. The minimum absolute atomic E-state index is 0.0873. The lowest BCUT2D eigenvalue weighted by Crippen LogP contribution is -2.42. The molecule has 0 aromatic rings. The van der Waals surface area contributed by atoms with Crippen molar-refractivity contribution in [3.05, 3.63) is 11.6 Å². The third-order valence-corrected chi connectivity index (χ3v) is 3.76. The van der Waals surface area contributed by atoms with Gasteiger partial charge in [0.25, 0.3) is 0 Å². The molecule has 1 saturated heterocycles. The van der Waals surface area contributed by atoms with Crippen LogP contribution in [0.15, 0.2) is 11.6 Å². The Labute approximate surface area is 89.7 Å². The van der Waals surface area contributed by atoms with Crippen molar-refractivity contribution in [1.82, 2.24) is 0 Å². The molecule has 2 fully saturated rings. The van der Waals surface area contributed by atoms with Crippen LogP contribution in [-0.4, -0.2) is 12.6 Å². The highest BCUT2D eigenvalue weighted by Gasteiger charge is 2.43. The Kier molecular flexibility index (Phi) is 2.52. The molecule has 1 aliphatic heterocycles. The first-order chi connectivity index (χ1) is 7.14. The molecule has 2 aliphatic rings. The Balaban J connectivity index is 2.14. The van der Waals surface area contributed by atoms with Gasteiger partial charge in [-0.3, -0.25) is 4.79 Å². The van der Waals surface area contributed by atoms with Crippen LogP contribution in [-0.2, 0) is 9.53 Å². The lowest BCUT2D eigenvalue weighted by atomic mass is 9.64. The summed E-state index contributed by atoms with van der Waals surface area (Å²) >= 11 is 0. The van der Waals surface area contributed by atoms with Gasteiger partial charge in [0, 0.05) is 17.9 Å². The van der Waals surface area contributed by atoms with E-state index in [1.807, 2.05) is 0 Å². The third-order valence-electron chi connectivity index (χ3n) is 3.76. The summed E-state index contributed by atoms with van der Waals surface area (Å²) in [4.78, 5) is 11.2. The van der Waals surface area contributed by atoms with E-state index >= 15 is 0 Å². The predicted octanol–water partition coefficient (Wildman–Crippen LogP) is 2.19. The van der Waals surface area contributed by atoms with Crippen molar-refractivity contribution < 1.29 is 9.53 Å². The standard InChI is InChI=1S/C12H15NO2/c1-12-4-2-9(3-5-13)6-10(12)7-11(14)15-8-12/h3,10H,2,4,6-8H2,1H3/b9-3-. The van der Waals surface area contributed by atoms with Gasteiger partial charge >= 0.3 is 5.97 Å². The number of fused-ring (bicyclic) bond motifs is 1. The monoisotopic (exact) mass is 205 g/mol. The molecule has 1 heterocycles. The molecular formula is C12H15NO2. The van der Waals surface area contributed by atoms with E-state index < -0.39 is 0 Å². The molecule has 3 nitrogen and oxygen atoms in total. The van der Waals surface area contributed by atoms with E-state index in [9.17, 15) is 4.79 Å². The van der Waals surface area contributed by atoms with E-state index in [0.29, 0.717) is 18.9 Å². The third kappa shape index (κ3) is 1.90. The molecule has 0 bridgehead atoms. The highest BCUT2D eigenvalue weighted by molar-refractivity contribution is 5.70. The number of cyclic esters (lactones) is 1. The van der Waals surface area contributed by atoms with Crippen LogP contribution in [0, 0.1) is 22.7 Å². The number of allylic oxidation sites excluding steroid dienone is 2. The first-order valence-corrected chi connectivity index (χ1v) is 5.37. The fourth-order valence-electron chi connectivity index (χ4n) is 2.55. The Morgan fingerprint density at radius 2 is 2.40 bits per heavy atom. The lowest BCUT2D eigenvalue weighted by molar-refractivity contribution is -0.160. The molecule has 2 rings (SSSR count). The van der Waals surface area contributed by atoms with Gasteiger partial charge in [0.15, 0.2) is 0 Å². The van der Waals surface area contributed by atoms with E-state index in [0.717, 1.165) is 19.3 Å². The van der Waals surface area contributed by atoms with Gasteiger partial charge in [-0.2, -0.15) is 5.26 Å². The molecule has 15 heavy (non-hydrogen) atoms. The molecule has 3 heteroatoms. The lowest BCUT2D eigenvalue weighted by Gasteiger charge is -2.44. The summed E-state index contributed by atoms with van der Waals surface area (Å²) < 4.78 is 5.12. The van der Waals surface area contributed by atoms with Crippen molar-refractivity contribution in [2.45, 2.75) is 32.6 Å². The van der Waals surface area contributed by atoms with Gasteiger partial charge in [0.05, 0.1) is 12.7 Å². The van der Waals surface area contributed by atoms with Crippen LogP contribution in [0.1, 0.15) is 32.6 Å². The highest BCUT2D eigenvalue weighted by Crippen LogP contribution is 2.47. The van der Waals surface area contributed by atoms with E-state index in [4.69, 9.17) is 10.00 Å². The smallest absolute Gasteiger partial charge is 0.306 e. The van der Waals surface area contributed by atoms with Crippen LogP contribution in [0.3, 0.4) is 0 Å². The SMILES string of the molecule is CC12CC/C(=C/C#N)CC1CC(=O)OC2. The van der Waals surface area contributed by atoms with E-state index in [2.05, 4.69) is 13.0 Å². The summed E-state index contributed by atoms with van der Waals surface area (Å²) in [6.07, 6.45) is 5.04. The molecule has 80 valence electrons. The van der Waals surface area contributed by atoms with Gasteiger partial charge in [-0.1, -0.05) is 12.5 Å². The molecule has 1 saturated carbocycles. The summed E-state index contributed by atoms with van der Waals surface area (Å²) in [5, 5.41) is 8.61. The normalized spacial score (nSPS) is 38.0. The molecule has 0 aromatic carbocycles. The van der Waals surface area contributed by atoms with Gasteiger partial charge in [0.2, 0.25) is 0 Å². The zero-order valence-corrected chi connectivity index (χ0v) is 8.95. The van der Waals surface area contributed by atoms with Crippen LogP contribution < -0.4 is 0 Å². The zero-order valence-electron chi connectivity index (χ0n) is 8.95. The number of nitrogens with zero attached hydrogens (tertiary/aromatic N) is 1. The van der Waals surface area contributed by atoms with Crippen LogP contribution in [0.2, 0.25) is 0 Å². The topological polar surface area (TPSA) is 50.1 Å². The number of esters is 1. The Morgan fingerprint density at radius 3 is 3.13 bits per heavy atom. The molecule has 1 aliphatic carbocycles. The maximum Gasteiger partial charge on any atom is 0.306 e. The second-order valence-corrected chi connectivity index (χ2v) is 4.85. The number of hydrogen-bond acceptors (Lipinski definition) is 3. The van der Waals surface area contributed by atoms with Gasteiger partial charge in [0.1, 0.15) is 0 Å². The fraction of sp³-hybridized carbons (Fsp3) is 0.667. The van der Waals surface area contributed by atoms with Gasteiger partial charge < -0.3 is 4.74 Å². The molecule has 0 spiro atoms. The maximum absolute atomic E-state index is 11.2. The predicted molar refractivity (Wildman–Crippen MR) is 54.7 cm³/mol. The zero-order chi connectivity index (χ0) is 10.9. The van der Waals surface area contributed by atoms with E-state index in [-0.39, 0.29) is 11.4 Å². The Morgan fingerprint density at radius 1 is 1.60 bits per heavy atom. The summed E-state index contributed by atoms with van der Waals surface area (Å²) in [6.45, 7) is 2.74. The summed E-state index contributed by atoms with van der Waals surface area (Å²) in [6, 6.07) is 2.08. The van der Waals surface area contributed by atoms with Crippen molar-refractivity contribution in [2.75, 3.05) is 6.61 Å². The van der Waals surface area contributed by atoms with Gasteiger partial charge in [-0.05, 0) is 25.2 Å². The van der Waals surface area contributed by atoms with E-state index in [1.165, 1.54) is 5.57 Å². The first-order valence-electron chi connectivity index (χ1n) is 5.37. The van der Waals surface area contributed by atoms with Crippen LogP contribution in [0.4, 0.5) is 0 Å². The van der Waals surface area contributed by atoms with Crippen molar-refractivity contribution in [1.29, 1.82) is 5.26 Å². The Hall–Kier alpha value is -1.30. The number of carbonyl (C=O) groups excluding carboxylic acids is 1. The molecule has 0 amide bonds. The van der Waals surface area contributed by atoms with Gasteiger partial charge in [-0.15, -0.1) is 0 Å². The molecule has 0 N–H and O–H groups in total.